The van der Waals surface area contributed by atoms with Gasteiger partial charge >= 0.3 is 0 Å². The van der Waals surface area contributed by atoms with Crippen LogP contribution in [0, 0.1) is 6.92 Å². The normalized spacial score (nSPS) is 16.4. The zero-order valence-electron chi connectivity index (χ0n) is 16.7. The summed E-state index contributed by atoms with van der Waals surface area (Å²) in [5.74, 6) is 0.898. The van der Waals surface area contributed by atoms with Crippen LogP contribution in [-0.2, 0) is 4.79 Å². The number of amides is 1. The summed E-state index contributed by atoms with van der Waals surface area (Å²) in [6.07, 6.45) is 1.03. The van der Waals surface area contributed by atoms with Crippen molar-refractivity contribution in [1.82, 2.24) is 4.90 Å². The number of methoxy groups -OCH3 is 1. The molecule has 1 fully saturated rings. The standard InChI is InChI=1S/C22H28BrN3O2/c1-16-5-10-21(20(23)15-16)24-22(27)17(2)25-11-4-12-26(14-13-25)18-6-8-19(28-3)9-7-18/h5-10,15,17H,4,11-14H2,1-3H3,(H,24,27). The molecule has 1 unspecified atom stereocenters. The van der Waals surface area contributed by atoms with Gasteiger partial charge in [-0.05, 0) is 78.2 Å². The van der Waals surface area contributed by atoms with Gasteiger partial charge in [0.15, 0.2) is 0 Å². The summed E-state index contributed by atoms with van der Waals surface area (Å²) in [7, 11) is 1.68. The largest absolute Gasteiger partial charge is 0.497 e. The smallest absolute Gasteiger partial charge is 0.241 e. The highest BCUT2D eigenvalue weighted by molar-refractivity contribution is 9.10. The van der Waals surface area contributed by atoms with Crippen LogP contribution in [0.4, 0.5) is 11.4 Å². The Balaban J connectivity index is 1.59. The topological polar surface area (TPSA) is 44.8 Å². The van der Waals surface area contributed by atoms with Crippen LogP contribution < -0.4 is 15.0 Å². The van der Waals surface area contributed by atoms with Crippen molar-refractivity contribution in [3.63, 3.8) is 0 Å². The van der Waals surface area contributed by atoms with Crippen LogP contribution in [0.25, 0.3) is 0 Å². The summed E-state index contributed by atoms with van der Waals surface area (Å²) in [5, 5.41) is 3.06. The lowest BCUT2D eigenvalue weighted by Crippen LogP contribution is -2.44. The van der Waals surface area contributed by atoms with E-state index in [2.05, 4.69) is 43.2 Å². The predicted molar refractivity (Wildman–Crippen MR) is 118 cm³/mol. The van der Waals surface area contributed by atoms with Crippen LogP contribution in [0.5, 0.6) is 5.75 Å². The molecular formula is C22H28BrN3O2. The fourth-order valence-electron chi connectivity index (χ4n) is 3.50. The van der Waals surface area contributed by atoms with Crippen molar-refractivity contribution in [2.24, 2.45) is 0 Å². The monoisotopic (exact) mass is 445 g/mol. The van der Waals surface area contributed by atoms with Crippen LogP contribution >= 0.6 is 15.9 Å². The Bertz CT molecular complexity index is 810. The quantitative estimate of drug-likeness (QED) is 0.744. The van der Waals surface area contributed by atoms with Crippen molar-refractivity contribution >= 4 is 33.2 Å². The molecular weight excluding hydrogens is 418 g/mol. The molecule has 0 spiro atoms. The summed E-state index contributed by atoms with van der Waals surface area (Å²) < 4.78 is 6.16. The summed E-state index contributed by atoms with van der Waals surface area (Å²) in [6.45, 7) is 7.68. The number of ether oxygens (including phenoxy) is 1. The Morgan fingerprint density at radius 1 is 1.11 bits per heavy atom. The first-order valence-corrected chi connectivity index (χ1v) is 10.5. The maximum Gasteiger partial charge on any atom is 0.241 e. The molecule has 0 radical (unpaired) electrons. The number of carbonyl (C=O) groups is 1. The van der Waals surface area contributed by atoms with Crippen LogP contribution in [-0.4, -0.2) is 50.1 Å². The highest BCUT2D eigenvalue weighted by Gasteiger charge is 2.24. The highest BCUT2D eigenvalue weighted by Crippen LogP contribution is 2.24. The van der Waals surface area contributed by atoms with E-state index in [1.807, 2.05) is 44.2 Å². The maximum absolute atomic E-state index is 12.8. The van der Waals surface area contributed by atoms with E-state index in [4.69, 9.17) is 4.74 Å². The van der Waals surface area contributed by atoms with Gasteiger partial charge in [0, 0.05) is 36.3 Å². The molecule has 0 bridgehead atoms. The molecule has 6 heteroatoms. The van der Waals surface area contributed by atoms with E-state index in [0.29, 0.717) is 0 Å². The molecule has 150 valence electrons. The Morgan fingerprint density at radius 3 is 2.54 bits per heavy atom. The maximum atomic E-state index is 12.8. The minimum absolute atomic E-state index is 0.0300. The van der Waals surface area contributed by atoms with E-state index in [1.54, 1.807) is 7.11 Å². The molecule has 0 aromatic heterocycles. The average molecular weight is 446 g/mol. The average Bonchev–Trinajstić information content (AvgIpc) is 2.96. The molecule has 1 amide bonds. The van der Waals surface area contributed by atoms with Gasteiger partial charge in [0.25, 0.3) is 0 Å². The van der Waals surface area contributed by atoms with Gasteiger partial charge in [-0.3, -0.25) is 9.69 Å². The number of benzene rings is 2. The van der Waals surface area contributed by atoms with Crippen LogP contribution in [0.3, 0.4) is 0 Å². The van der Waals surface area contributed by atoms with Crippen molar-refractivity contribution in [2.45, 2.75) is 26.3 Å². The molecule has 1 N–H and O–H groups in total. The van der Waals surface area contributed by atoms with E-state index in [1.165, 1.54) is 5.69 Å². The molecule has 2 aromatic carbocycles. The summed E-state index contributed by atoms with van der Waals surface area (Å²) in [6, 6.07) is 14.0. The Labute approximate surface area is 175 Å². The lowest BCUT2D eigenvalue weighted by atomic mass is 10.2. The van der Waals surface area contributed by atoms with Gasteiger partial charge in [0.05, 0.1) is 18.8 Å². The van der Waals surface area contributed by atoms with Crippen LogP contribution in [0.15, 0.2) is 46.9 Å². The van der Waals surface area contributed by atoms with Gasteiger partial charge in [-0.25, -0.2) is 0 Å². The van der Waals surface area contributed by atoms with Crippen LogP contribution in [0.1, 0.15) is 18.9 Å². The summed E-state index contributed by atoms with van der Waals surface area (Å²) >= 11 is 3.53. The number of carbonyl (C=O) groups excluding carboxylic acids is 1. The number of nitrogens with zero attached hydrogens (tertiary/aromatic N) is 2. The minimum atomic E-state index is -0.177. The van der Waals surface area contributed by atoms with E-state index >= 15 is 0 Å². The highest BCUT2D eigenvalue weighted by atomic mass is 79.9. The van der Waals surface area contributed by atoms with Gasteiger partial charge < -0.3 is 15.0 Å². The molecule has 0 saturated carbocycles. The first-order valence-electron chi connectivity index (χ1n) is 9.68. The molecule has 1 aliphatic heterocycles. The minimum Gasteiger partial charge on any atom is -0.497 e. The fourth-order valence-corrected chi connectivity index (χ4v) is 4.09. The number of hydrogen-bond donors (Lipinski definition) is 1. The molecule has 1 aliphatic rings. The summed E-state index contributed by atoms with van der Waals surface area (Å²) in [4.78, 5) is 17.4. The van der Waals surface area contributed by atoms with Gasteiger partial charge in [-0.1, -0.05) is 6.07 Å². The number of anilines is 2. The van der Waals surface area contributed by atoms with Crippen molar-refractivity contribution in [1.29, 1.82) is 0 Å². The third kappa shape index (κ3) is 5.06. The SMILES string of the molecule is COc1ccc(N2CCCN(C(C)C(=O)Nc3ccc(C)cc3Br)CC2)cc1. The van der Waals surface area contributed by atoms with Crippen molar-refractivity contribution in [3.05, 3.63) is 52.5 Å². The molecule has 1 atom stereocenters. The van der Waals surface area contributed by atoms with E-state index in [0.717, 1.165) is 54.1 Å². The first kappa shape index (κ1) is 20.7. The summed E-state index contributed by atoms with van der Waals surface area (Å²) in [5.41, 5.74) is 3.17. The Morgan fingerprint density at radius 2 is 1.86 bits per heavy atom. The molecule has 1 heterocycles. The fraction of sp³-hybridized carbons (Fsp3) is 0.409. The Kier molecular flexibility index (Phi) is 6.97. The number of hydrogen-bond acceptors (Lipinski definition) is 4. The van der Waals surface area contributed by atoms with E-state index in [-0.39, 0.29) is 11.9 Å². The molecule has 0 aliphatic carbocycles. The second-order valence-corrected chi connectivity index (χ2v) is 8.08. The lowest BCUT2D eigenvalue weighted by Gasteiger charge is -2.27. The van der Waals surface area contributed by atoms with Gasteiger partial charge in [-0.2, -0.15) is 0 Å². The second-order valence-electron chi connectivity index (χ2n) is 7.22. The van der Waals surface area contributed by atoms with Crippen LogP contribution in [0.2, 0.25) is 0 Å². The third-order valence-corrected chi connectivity index (χ3v) is 5.93. The number of halogens is 1. The van der Waals surface area contributed by atoms with Crippen molar-refractivity contribution in [2.75, 3.05) is 43.5 Å². The molecule has 5 nitrogen and oxygen atoms in total. The lowest BCUT2D eigenvalue weighted by molar-refractivity contribution is -0.120. The second kappa shape index (κ2) is 9.43. The molecule has 2 aromatic rings. The first-order chi connectivity index (χ1) is 13.5. The van der Waals surface area contributed by atoms with Gasteiger partial charge in [0.2, 0.25) is 5.91 Å². The van der Waals surface area contributed by atoms with Gasteiger partial charge in [0.1, 0.15) is 5.75 Å². The van der Waals surface area contributed by atoms with Gasteiger partial charge in [-0.15, -0.1) is 0 Å². The number of aryl methyl sites for hydroxylation is 1. The van der Waals surface area contributed by atoms with Crippen molar-refractivity contribution < 1.29 is 9.53 Å². The molecule has 3 rings (SSSR count). The number of rotatable bonds is 5. The van der Waals surface area contributed by atoms with Crippen molar-refractivity contribution in [3.8, 4) is 5.75 Å². The Hall–Kier alpha value is -2.05. The zero-order valence-corrected chi connectivity index (χ0v) is 18.3. The predicted octanol–water partition coefficient (Wildman–Crippen LogP) is 4.31. The third-order valence-electron chi connectivity index (χ3n) is 5.28. The van der Waals surface area contributed by atoms with E-state index < -0.39 is 0 Å². The molecule has 1 saturated heterocycles. The zero-order chi connectivity index (χ0) is 20.1. The molecule has 28 heavy (non-hydrogen) atoms. The van der Waals surface area contributed by atoms with E-state index in [9.17, 15) is 4.79 Å². The number of nitrogens with one attached hydrogen (secondary N) is 1.